The van der Waals surface area contributed by atoms with Gasteiger partial charge in [0.2, 0.25) is 0 Å². The maximum absolute atomic E-state index is 12.7. The van der Waals surface area contributed by atoms with E-state index in [0.717, 1.165) is 0 Å². The highest BCUT2D eigenvalue weighted by Gasteiger charge is 2.32. The summed E-state index contributed by atoms with van der Waals surface area (Å²) in [5.74, 6) is -0.120. The van der Waals surface area contributed by atoms with E-state index in [0.29, 0.717) is 36.4 Å². The van der Waals surface area contributed by atoms with Crippen LogP contribution in [0.4, 0.5) is 4.79 Å². The second-order valence-corrected chi connectivity index (χ2v) is 7.17. The largest absolute Gasteiger partial charge is 0.444 e. The van der Waals surface area contributed by atoms with Crippen LogP contribution in [-0.4, -0.2) is 65.9 Å². The van der Waals surface area contributed by atoms with Gasteiger partial charge in [-0.15, -0.1) is 0 Å². The summed E-state index contributed by atoms with van der Waals surface area (Å²) in [7, 11) is 5.84. The molecule has 2 rings (SSSR count). The SMILES string of the molecule is [B]c1cc(C(=O)N2CCN(C(=O)OC(C)(C)C)C[C@@H]2C)cnc1C. The molecule has 1 aliphatic rings. The monoisotopic (exact) mass is 329 g/mol. The van der Waals surface area contributed by atoms with Crippen molar-refractivity contribution in [2.24, 2.45) is 0 Å². The zero-order valence-electron chi connectivity index (χ0n) is 15.0. The third-order valence-electron chi connectivity index (χ3n) is 3.91. The highest BCUT2D eigenvalue weighted by Crippen LogP contribution is 2.16. The van der Waals surface area contributed by atoms with E-state index in [9.17, 15) is 9.59 Å². The molecule has 1 aliphatic heterocycles. The van der Waals surface area contributed by atoms with E-state index >= 15 is 0 Å². The van der Waals surface area contributed by atoms with Gasteiger partial charge in [0.1, 0.15) is 13.4 Å². The van der Waals surface area contributed by atoms with Gasteiger partial charge < -0.3 is 14.5 Å². The van der Waals surface area contributed by atoms with Gasteiger partial charge in [-0.3, -0.25) is 9.78 Å². The Morgan fingerprint density at radius 3 is 2.54 bits per heavy atom. The summed E-state index contributed by atoms with van der Waals surface area (Å²) < 4.78 is 5.39. The molecule has 1 aromatic rings. The van der Waals surface area contributed by atoms with Gasteiger partial charge in [-0.25, -0.2) is 4.79 Å². The van der Waals surface area contributed by atoms with E-state index < -0.39 is 5.60 Å². The molecule has 0 N–H and O–H groups in total. The fourth-order valence-electron chi connectivity index (χ4n) is 2.58. The van der Waals surface area contributed by atoms with Crippen LogP contribution in [0.15, 0.2) is 12.3 Å². The molecule has 1 fully saturated rings. The third kappa shape index (κ3) is 4.27. The van der Waals surface area contributed by atoms with Crippen LogP contribution in [0.25, 0.3) is 0 Å². The molecular weight excluding hydrogens is 305 g/mol. The maximum Gasteiger partial charge on any atom is 0.410 e. The molecule has 2 radical (unpaired) electrons. The van der Waals surface area contributed by atoms with E-state index in [1.807, 2.05) is 27.7 Å². The minimum atomic E-state index is -0.529. The third-order valence-corrected chi connectivity index (χ3v) is 3.91. The first-order chi connectivity index (χ1) is 11.1. The Labute approximate surface area is 144 Å². The number of piperazine rings is 1. The van der Waals surface area contributed by atoms with Gasteiger partial charge in [0.05, 0.1) is 5.56 Å². The number of carbonyl (C=O) groups excluding carboxylic acids is 2. The summed E-state index contributed by atoms with van der Waals surface area (Å²) >= 11 is 0. The lowest BCUT2D eigenvalue weighted by atomic mass is 9.93. The van der Waals surface area contributed by atoms with Gasteiger partial charge in [-0.05, 0) is 34.6 Å². The second kappa shape index (κ2) is 6.83. The van der Waals surface area contributed by atoms with Gasteiger partial charge in [0.25, 0.3) is 5.91 Å². The number of rotatable bonds is 1. The molecule has 6 nitrogen and oxygen atoms in total. The van der Waals surface area contributed by atoms with E-state index in [1.54, 1.807) is 29.0 Å². The van der Waals surface area contributed by atoms with E-state index in [2.05, 4.69) is 4.98 Å². The maximum atomic E-state index is 12.7. The molecule has 1 saturated heterocycles. The van der Waals surface area contributed by atoms with Crippen LogP contribution in [0, 0.1) is 6.92 Å². The number of hydrogen-bond acceptors (Lipinski definition) is 4. The first-order valence-corrected chi connectivity index (χ1v) is 8.09. The van der Waals surface area contributed by atoms with Crippen molar-refractivity contribution in [3.8, 4) is 0 Å². The number of hydrogen-bond donors (Lipinski definition) is 0. The lowest BCUT2D eigenvalue weighted by Gasteiger charge is -2.40. The number of amides is 2. The second-order valence-electron chi connectivity index (χ2n) is 7.17. The van der Waals surface area contributed by atoms with Crippen molar-refractivity contribution in [1.82, 2.24) is 14.8 Å². The lowest BCUT2D eigenvalue weighted by molar-refractivity contribution is 0.00616. The van der Waals surface area contributed by atoms with Crippen LogP contribution in [0.1, 0.15) is 43.7 Å². The van der Waals surface area contributed by atoms with Crippen molar-refractivity contribution in [3.05, 3.63) is 23.5 Å². The number of nitrogens with zero attached hydrogens (tertiary/aromatic N) is 3. The number of aromatic nitrogens is 1. The average molecular weight is 329 g/mol. The summed E-state index contributed by atoms with van der Waals surface area (Å²) in [6.45, 7) is 10.6. The molecule has 0 spiro atoms. The smallest absolute Gasteiger partial charge is 0.410 e. The molecule has 128 valence electrons. The number of carbonyl (C=O) groups is 2. The van der Waals surface area contributed by atoms with Gasteiger partial charge in [-0.1, -0.05) is 11.5 Å². The molecule has 0 aliphatic carbocycles. The Morgan fingerprint density at radius 2 is 2.00 bits per heavy atom. The molecule has 2 heterocycles. The van der Waals surface area contributed by atoms with E-state index in [4.69, 9.17) is 12.6 Å². The minimum absolute atomic E-state index is 0.110. The first-order valence-electron chi connectivity index (χ1n) is 8.09. The predicted molar refractivity (Wildman–Crippen MR) is 92.7 cm³/mol. The predicted octanol–water partition coefficient (Wildman–Crippen LogP) is 1.27. The van der Waals surface area contributed by atoms with Crippen molar-refractivity contribution < 1.29 is 14.3 Å². The quantitative estimate of drug-likeness (QED) is 0.728. The molecule has 7 heteroatoms. The van der Waals surface area contributed by atoms with Crippen molar-refractivity contribution in [3.63, 3.8) is 0 Å². The van der Waals surface area contributed by atoms with Crippen LogP contribution in [0.3, 0.4) is 0 Å². The van der Waals surface area contributed by atoms with Gasteiger partial charge in [-0.2, -0.15) is 0 Å². The molecule has 0 unspecified atom stereocenters. The van der Waals surface area contributed by atoms with Crippen molar-refractivity contribution in [2.75, 3.05) is 19.6 Å². The normalized spacial score (nSPS) is 18.5. The highest BCUT2D eigenvalue weighted by molar-refractivity contribution is 6.33. The van der Waals surface area contributed by atoms with Crippen LogP contribution in [0.2, 0.25) is 0 Å². The lowest BCUT2D eigenvalue weighted by Crippen LogP contribution is -2.56. The Morgan fingerprint density at radius 1 is 1.33 bits per heavy atom. The van der Waals surface area contributed by atoms with E-state index in [1.165, 1.54) is 0 Å². The Hall–Kier alpha value is -2.05. The van der Waals surface area contributed by atoms with Crippen LogP contribution in [0.5, 0.6) is 0 Å². The summed E-state index contributed by atoms with van der Waals surface area (Å²) in [4.78, 5) is 32.4. The Bertz CT molecular complexity index is 642. The standard InChI is InChI=1S/C17H24BN3O3/c1-11-10-20(16(23)24-17(3,4)5)6-7-21(11)15(22)13-8-14(18)12(2)19-9-13/h8-9,11H,6-7,10H2,1-5H3/t11-/m0/s1. The Balaban J connectivity index is 2.04. The topological polar surface area (TPSA) is 62.7 Å². The number of ether oxygens (including phenoxy) is 1. The first kappa shape index (κ1) is 18.3. The number of pyridine rings is 1. The zero-order valence-corrected chi connectivity index (χ0v) is 15.0. The molecule has 1 aromatic heterocycles. The van der Waals surface area contributed by atoms with Crippen LogP contribution < -0.4 is 5.46 Å². The van der Waals surface area contributed by atoms with Crippen molar-refractivity contribution in [1.29, 1.82) is 0 Å². The van der Waals surface area contributed by atoms with Gasteiger partial charge in [0, 0.05) is 37.6 Å². The molecule has 2 amide bonds. The highest BCUT2D eigenvalue weighted by atomic mass is 16.6. The van der Waals surface area contributed by atoms with E-state index in [-0.39, 0.29) is 18.0 Å². The number of aryl methyl sites for hydroxylation is 1. The fourth-order valence-corrected chi connectivity index (χ4v) is 2.58. The summed E-state index contributed by atoms with van der Waals surface area (Å²) in [6, 6.07) is 1.54. The van der Waals surface area contributed by atoms with Crippen molar-refractivity contribution in [2.45, 2.75) is 46.3 Å². The molecule has 0 bridgehead atoms. The fraction of sp³-hybridized carbons (Fsp3) is 0.588. The van der Waals surface area contributed by atoms with Crippen LogP contribution in [-0.2, 0) is 4.74 Å². The molecule has 1 atom stereocenters. The van der Waals surface area contributed by atoms with Crippen LogP contribution >= 0.6 is 0 Å². The molecular formula is C17H24BN3O3. The van der Waals surface area contributed by atoms with Gasteiger partial charge in [0.15, 0.2) is 0 Å². The van der Waals surface area contributed by atoms with Gasteiger partial charge >= 0.3 is 6.09 Å². The molecule has 0 aromatic carbocycles. The minimum Gasteiger partial charge on any atom is -0.444 e. The van der Waals surface area contributed by atoms with Crippen molar-refractivity contribution >= 4 is 25.3 Å². The summed E-state index contributed by atoms with van der Waals surface area (Å²) in [5, 5.41) is 0. The Kier molecular flexibility index (Phi) is 5.21. The summed E-state index contributed by atoms with van der Waals surface area (Å²) in [5.41, 5.74) is 1.14. The molecule has 24 heavy (non-hydrogen) atoms. The summed E-state index contributed by atoms with van der Waals surface area (Å²) in [6.07, 6.45) is 1.20. The average Bonchev–Trinajstić information content (AvgIpc) is 2.47. The molecule has 0 saturated carbocycles. The zero-order chi connectivity index (χ0) is 18.1.